The molecule has 1 N–H and O–H groups in total. The summed E-state index contributed by atoms with van der Waals surface area (Å²) in [4.78, 5) is 13.3. The summed E-state index contributed by atoms with van der Waals surface area (Å²) in [6, 6.07) is -0.0803. The first-order valence-corrected chi connectivity index (χ1v) is 7.20. The Bertz CT molecular complexity index is 326. The smallest absolute Gasteiger partial charge is 0.240 e. The summed E-state index contributed by atoms with van der Waals surface area (Å²) in [7, 11) is -2.91. The number of sulfone groups is 1. The zero-order valence-electron chi connectivity index (χ0n) is 9.19. The SMILES string of the molecule is CCC1NCN(CCCS(C)(=O)=O)C1=O. The van der Waals surface area contributed by atoms with Crippen LogP contribution in [0.3, 0.4) is 0 Å². The van der Waals surface area contributed by atoms with Gasteiger partial charge in [0.05, 0.1) is 18.5 Å². The lowest BCUT2D eigenvalue weighted by Gasteiger charge is -2.14. The summed E-state index contributed by atoms with van der Waals surface area (Å²) in [5.41, 5.74) is 0. The summed E-state index contributed by atoms with van der Waals surface area (Å²) in [5, 5.41) is 3.08. The minimum Gasteiger partial charge on any atom is -0.329 e. The van der Waals surface area contributed by atoms with Gasteiger partial charge in [0.15, 0.2) is 0 Å². The summed E-state index contributed by atoms with van der Waals surface area (Å²) >= 11 is 0. The maximum absolute atomic E-state index is 11.6. The second-order valence-electron chi connectivity index (χ2n) is 3.91. The van der Waals surface area contributed by atoms with Crippen LogP contribution in [-0.4, -0.2) is 50.5 Å². The van der Waals surface area contributed by atoms with E-state index in [2.05, 4.69) is 5.32 Å². The molecule has 1 rings (SSSR count). The molecule has 1 saturated heterocycles. The Balaban J connectivity index is 2.32. The van der Waals surface area contributed by atoms with Crippen molar-refractivity contribution < 1.29 is 13.2 Å². The molecule has 1 aliphatic heterocycles. The Labute approximate surface area is 90.7 Å². The van der Waals surface area contributed by atoms with E-state index in [0.717, 1.165) is 6.42 Å². The predicted molar refractivity (Wildman–Crippen MR) is 58.1 cm³/mol. The fraction of sp³-hybridized carbons (Fsp3) is 0.889. The lowest BCUT2D eigenvalue weighted by molar-refractivity contribution is -0.128. The number of nitrogens with zero attached hydrogens (tertiary/aromatic N) is 1. The fourth-order valence-corrected chi connectivity index (χ4v) is 2.29. The van der Waals surface area contributed by atoms with E-state index in [1.165, 1.54) is 6.26 Å². The maximum atomic E-state index is 11.6. The van der Waals surface area contributed by atoms with Gasteiger partial charge in [-0.25, -0.2) is 8.42 Å². The summed E-state index contributed by atoms with van der Waals surface area (Å²) in [6.45, 7) is 3.02. The summed E-state index contributed by atoms with van der Waals surface area (Å²) in [6.07, 6.45) is 2.51. The van der Waals surface area contributed by atoms with Gasteiger partial charge in [0.25, 0.3) is 0 Å². The van der Waals surface area contributed by atoms with E-state index in [4.69, 9.17) is 0 Å². The van der Waals surface area contributed by atoms with E-state index in [0.29, 0.717) is 19.6 Å². The highest BCUT2D eigenvalue weighted by Crippen LogP contribution is 2.07. The zero-order valence-corrected chi connectivity index (χ0v) is 10.0. The predicted octanol–water partition coefficient (Wildman–Crippen LogP) is -0.411. The Morgan fingerprint density at radius 2 is 2.20 bits per heavy atom. The Kier molecular flexibility index (Phi) is 4.10. The third kappa shape index (κ3) is 3.79. The number of rotatable bonds is 5. The molecule has 1 unspecified atom stereocenters. The Morgan fingerprint density at radius 1 is 1.53 bits per heavy atom. The second-order valence-corrected chi connectivity index (χ2v) is 6.17. The lowest BCUT2D eigenvalue weighted by atomic mass is 10.2. The lowest BCUT2D eigenvalue weighted by Crippen LogP contribution is -2.31. The van der Waals surface area contributed by atoms with Crippen LogP contribution in [0.5, 0.6) is 0 Å². The van der Waals surface area contributed by atoms with Gasteiger partial charge in [-0.05, 0) is 12.8 Å². The van der Waals surface area contributed by atoms with Crippen molar-refractivity contribution in [2.24, 2.45) is 0 Å². The summed E-state index contributed by atoms with van der Waals surface area (Å²) in [5.74, 6) is 0.235. The molecule has 0 radical (unpaired) electrons. The molecule has 0 aromatic rings. The molecule has 0 aliphatic carbocycles. The molecule has 88 valence electrons. The van der Waals surface area contributed by atoms with E-state index in [1.807, 2.05) is 6.92 Å². The molecule has 0 aromatic carbocycles. The molecular formula is C9H18N2O3S. The molecule has 6 heteroatoms. The van der Waals surface area contributed by atoms with Crippen molar-refractivity contribution in [2.75, 3.05) is 25.2 Å². The monoisotopic (exact) mass is 234 g/mol. The van der Waals surface area contributed by atoms with Crippen LogP contribution in [0, 0.1) is 0 Å². The molecule has 0 aromatic heterocycles. The van der Waals surface area contributed by atoms with Crippen LogP contribution < -0.4 is 5.32 Å². The number of carbonyl (C=O) groups is 1. The third-order valence-electron chi connectivity index (χ3n) is 2.49. The van der Waals surface area contributed by atoms with Crippen LogP contribution in [0.15, 0.2) is 0 Å². The van der Waals surface area contributed by atoms with Gasteiger partial charge in [-0.1, -0.05) is 6.92 Å². The Hall–Kier alpha value is -0.620. The number of nitrogens with one attached hydrogen (secondary N) is 1. The van der Waals surface area contributed by atoms with E-state index in [1.54, 1.807) is 4.90 Å². The number of hydrogen-bond donors (Lipinski definition) is 1. The van der Waals surface area contributed by atoms with Gasteiger partial charge < -0.3 is 4.90 Å². The van der Waals surface area contributed by atoms with Crippen molar-refractivity contribution in [3.8, 4) is 0 Å². The normalized spacial score (nSPS) is 22.4. The van der Waals surface area contributed by atoms with Crippen LogP contribution in [0.1, 0.15) is 19.8 Å². The molecule has 1 atom stereocenters. The van der Waals surface area contributed by atoms with Crippen LogP contribution >= 0.6 is 0 Å². The molecule has 1 amide bonds. The van der Waals surface area contributed by atoms with Crippen molar-refractivity contribution in [1.29, 1.82) is 0 Å². The van der Waals surface area contributed by atoms with E-state index in [-0.39, 0.29) is 17.7 Å². The van der Waals surface area contributed by atoms with Gasteiger partial charge in [-0.3, -0.25) is 10.1 Å². The molecule has 1 fully saturated rings. The fourth-order valence-electron chi connectivity index (χ4n) is 1.63. The molecule has 5 nitrogen and oxygen atoms in total. The largest absolute Gasteiger partial charge is 0.329 e. The highest BCUT2D eigenvalue weighted by atomic mass is 32.2. The first-order valence-electron chi connectivity index (χ1n) is 5.14. The average Bonchev–Trinajstić information content (AvgIpc) is 2.46. The van der Waals surface area contributed by atoms with Crippen molar-refractivity contribution >= 4 is 15.7 Å². The van der Waals surface area contributed by atoms with Gasteiger partial charge in [0.2, 0.25) is 5.91 Å². The third-order valence-corrected chi connectivity index (χ3v) is 3.52. The highest BCUT2D eigenvalue weighted by Gasteiger charge is 2.28. The molecule has 0 saturated carbocycles. The van der Waals surface area contributed by atoms with Crippen molar-refractivity contribution in [3.05, 3.63) is 0 Å². The minimum atomic E-state index is -2.91. The van der Waals surface area contributed by atoms with Gasteiger partial charge in [-0.2, -0.15) is 0 Å². The molecule has 0 bridgehead atoms. The van der Waals surface area contributed by atoms with Crippen molar-refractivity contribution in [3.63, 3.8) is 0 Å². The second kappa shape index (κ2) is 4.94. The summed E-state index contributed by atoms with van der Waals surface area (Å²) < 4.78 is 21.8. The van der Waals surface area contributed by atoms with Gasteiger partial charge >= 0.3 is 0 Å². The first kappa shape index (κ1) is 12.4. The molecule has 1 aliphatic rings. The van der Waals surface area contributed by atoms with Gasteiger partial charge in [0.1, 0.15) is 9.84 Å². The van der Waals surface area contributed by atoms with Crippen LogP contribution in [0.4, 0.5) is 0 Å². The molecule has 0 spiro atoms. The van der Waals surface area contributed by atoms with Crippen LogP contribution in [0.25, 0.3) is 0 Å². The molecule has 1 heterocycles. The number of amides is 1. The standard InChI is InChI=1S/C9H18N2O3S/c1-3-8-9(12)11(7-10-8)5-4-6-15(2,13)14/h8,10H,3-7H2,1-2H3. The van der Waals surface area contributed by atoms with Crippen LogP contribution in [-0.2, 0) is 14.6 Å². The quantitative estimate of drug-likeness (QED) is 0.702. The Morgan fingerprint density at radius 3 is 2.67 bits per heavy atom. The van der Waals surface area contributed by atoms with Gasteiger partial charge in [-0.15, -0.1) is 0 Å². The first-order chi connectivity index (χ1) is 6.94. The van der Waals surface area contributed by atoms with E-state index >= 15 is 0 Å². The average molecular weight is 234 g/mol. The number of carbonyl (C=O) groups excluding carboxylic acids is 1. The molecule has 15 heavy (non-hydrogen) atoms. The number of hydrogen-bond acceptors (Lipinski definition) is 4. The minimum absolute atomic E-state index is 0.0803. The van der Waals surface area contributed by atoms with Gasteiger partial charge in [0, 0.05) is 12.8 Å². The molecular weight excluding hydrogens is 216 g/mol. The van der Waals surface area contributed by atoms with Crippen LogP contribution in [0.2, 0.25) is 0 Å². The topological polar surface area (TPSA) is 66.5 Å². The van der Waals surface area contributed by atoms with Crippen molar-refractivity contribution in [1.82, 2.24) is 10.2 Å². The van der Waals surface area contributed by atoms with E-state index in [9.17, 15) is 13.2 Å². The highest BCUT2D eigenvalue weighted by molar-refractivity contribution is 7.90. The maximum Gasteiger partial charge on any atom is 0.240 e. The van der Waals surface area contributed by atoms with Crippen molar-refractivity contribution in [2.45, 2.75) is 25.8 Å². The zero-order chi connectivity index (χ0) is 11.5. The van der Waals surface area contributed by atoms with E-state index < -0.39 is 9.84 Å².